The van der Waals surface area contributed by atoms with Crippen molar-refractivity contribution in [2.75, 3.05) is 5.32 Å². The van der Waals surface area contributed by atoms with E-state index in [9.17, 15) is 9.90 Å². The fourth-order valence-electron chi connectivity index (χ4n) is 2.12. The van der Waals surface area contributed by atoms with Crippen LogP contribution in [0.15, 0.2) is 36.4 Å². The van der Waals surface area contributed by atoms with Crippen molar-refractivity contribution in [3.8, 4) is 0 Å². The molecule has 4 heteroatoms. The molecule has 21 heavy (non-hydrogen) atoms. The van der Waals surface area contributed by atoms with E-state index in [1.54, 1.807) is 31.2 Å². The summed E-state index contributed by atoms with van der Waals surface area (Å²) in [5, 5.41) is 13.0. The van der Waals surface area contributed by atoms with Crippen LogP contribution in [-0.4, -0.2) is 11.0 Å². The molecule has 0 saturated heterocycles. The molecule has 0 saturated carbocycles. The van der Waals surface area contributed by atoms with E-state index in [0.29, 0.717) is 21.8 Å². The Kier molecular flexibility index (Phi) is 4.66. The van der Waals surface area contributed by atoms with Gasteiger partial charge in [-0.2, -0.15) is 0 Å². The Balaban J connectivity index is 2.33. The molecule has 1 atom stereocenters. The van der Waals surface area contributed by atoms with Crippen molar-refractivity contribution in [3.05, 3.63) is 63.7 Å². The normalized spacial score (nSPS) is 12.0. The van der Waals surface area contributed by atoms with Crippen LogP contribution in [-0.2, 0) is 0 Å². The molecule has 0 aliphatic carbocycles. The lowest BCUT2D eigenvalue weighted by Gasteiger charge is -2.14. The number of aryl methyl sites for hydroxylation is 2. The molecule has 0 aliphatic heterocycles. The second-order valence-corrected chi connectivity index (χ2v) is 5.54. The number of aliphatic hydroxyl groups is 1. The predicted octanol–water partition coefficient (Wildman–Crippen LogP) is 4.26. The Labute approximate surface area is 129 Å². The largest absolute Gasteiger partial charge is 0.389 e. The van der Waals surface area contributed by atoms with Crippen molar-refractivity contribution in [2.45, 2.75) is 26.9 Å². The monoisotopic (exact) mass is 303 g/mol. The molecule has 0 heterocycles. The van der Waals surface area contributed by atoms with Crippen LogP contribution in [0.1, 0.15) is 40.1 Å². The minimum atomic E-state index is -0.656. The smallest absolute Gasteiger partial charge is 0.257 e. The maximum absolute atomic E-state index is 12.4. The maximum Gasteiger partial charge on any atom is 0.257 e. The standard InChI is InChI=1S/C17H18ClNO2/c1-10-8-14(15(18)9-11(10)2)17(21)19-16-7-5-4-6-13(16)12(3)20/h4-9,12,20H,1-3H3,(H,19,21). The quantitative estimate of drug-likeness (QED) is 0.890. The molecule has 0 aromatic heterocycles. The zero-order valence-corrected chi connectivity index (χ0v) is 13.0. The number of halogens is 1. The van der Waals surface area contributed by atoms with Crippen molar-refractivity contribution >= 4 is 23.2 Å². The average Bonchev–Trinajstić information content (AvgIpc) is 2.43. The van der Waals surface area contributed by atoms with Crippen molar-refractivity contribution in [1.29, 1.82) is 0 Å². The van der Waals surface area contributed by atoms with Crippen LogP contribution in [0.4, 0.5) is 5.69 Å². The molecular weight excluding hydrogens is 286 g/mol. The van der Waals surface area contributed by atoms with Crippen LogP contribution >= 0.6 is 11.6 Å². The van der Waals surface area contributed by atoms with E-state index in [1.807, 2.05) is 26.0 Å². The Morgan fingerprint density at radius 3 is 2.48 bits per heavy atom. The minimum Gasteiger partial charge on any atom is -0.389 e. The SMILES string of the molecule is Cc1cc(Cl)c(C(=O)Nc2ccccc2C(C)O)cc1C. The van der Waals surface area contributed by atoms with Gasteiger partial charge in [0.15, 0.2) is 0 Å². The Morgan fingerprint density at radius 2 is 1.81 bits per heavy atom. The molecule has 0 spiro atoms. The van der Waals surface area contributed by atoms with Crippen LogP contribution in [0.25, 0.3) is 0 Å². The van der Waals surface area contributed by atoms with E-state index in [2.05, 4.69) is 5.32 Å². The molecule has 2 N–H and O–H groups in total. The summed E-state index contributed by atoms with van der Waals surface area (Å²) in [6.45, 7) is 5.55. The molecule has 2 aromatic rings. The second kappa shape index (κ2) is 6.29. The van der Waals surface area contributed by atoms with Gasteiger partial charge in [-0.05, 0) is 50.1 Å². The fourth-order valence-corrected chi connectivity index (χ4v) is 2.42. The molecule has 110 valence electrons. The number of rotatable bonds is 3. The zero-order valence-electron chi connectivity index (χ0n) is 12.3. The molecule has 1 amide bonds. The highest BCUT2D eigenvalue weighted by Gasteiger charge is 2.15. The van der Waals surface area contributed by atoms with Gasteiger partial charge >= 0.3 is 0 Å². The number of benzene rings is 2. The predicted molar refractivity (Wildman–Crippen MR) is 86.0 cm³/mol. The van der Waals surface area contributed by atoms with Gasteiger partial charge in [-0.15, -0.1) is 0 Å². The number of anilines is 1. The Bertz CT molecular complexity index is 680. The lowest BCUT2D eigenvalue weighted by Crippen LogP contribution is -2.15. The van der Waals surface area contributed by atoms with Gasteiger partial charge in [-0.3, -0.25) is 4.79 Å². The molecule has 0 bridgehead atoms. The van der Waals surface area contributed by atoms with Gasteiger partial charge in [0.25, 0.3) is 5.91 Å². The number of nitrogens with one attached hydrogen (secondary N) is 1. The fraction of sp³-hybridized carbons (Fsp3) is 0.235. The van der Waals surface area contributed by atoms with E-state index in [4.69, 9.17) is 11.6 Å². The van der Waals surface area contributed by atoms with Crippen LogP contribution in [0.3, 0.4) is 0 Å². The molecule has 2 rings (SSSR count). The second-order valence-electron chi connectivity index (χ2n) is 5.13. The minimum absolute atomic E-state index is 0.281. The first-order chi connectivity index (χ1) is 9.90. The van der Waals surface area contributed by atoms with E-state index in [-0.39, 0.29) is 5.91 Å². The van der Waals surface area contributed by atoms with E-state index in [1.165, 1.54) is 0 Å². The Hall–Kier alpha value is -1.84. The summed E-state index contributed by atoms with van der Waals surface area (Å²) in [6, 6.07) is 10.7. The molecule has 0 fully saturated rings. The third kappa shape index (κ3) is 3.43. The van der Waals surface area contributed by atoms with Crippen molar-refractivity contribution < 1.29 is 9.90 Å². The van der Waals surface area contributed by atoms with Gasteiger partial charge in [0.2, 0.25) is 0 Å². The number of carbonyl (C=O) groups excluding carboxylic acids is 1. The van der Waals surface area contributed by atoms with E-state index < -0.39 is 6.10 Å². The van der Waals surface area contributed by atoms with Crippen LogP contribution in [0, 0.1) is 13.8 Å². The summed E-state index contributed by atoms with van der Waals surface area (Å²) in [5.41, 5.74) is 3.74. The van der Waals surface area contributed by atoms with Crippen molar-refractivity contribution in [2.24, 2.45) is 0 Å². The highest BCUT2D eigenvalue weighted by Crippen LogP contribution is 2.25. The van der Waals surface area contributed by atoms with Crippen molar-refractivity contribution in [3.63, 3.8) is 0 Å². The molecular formula is C17H18ClNO2. The van der Waals surface area contributed by atoms with E-state index >= 15 is 0 Å². The third-order valence-electron chi connectivity index (χ3n) is 3.49. The molecule has 3 nitrogen and oxygen atoms in total. The summed E-state index contributed by atoms with van der Waals surface area (Å²) >= 11 is 6.15. The van der Waals surface area contributed by atoms with Gasteiger partial charge in [-0.1, -0.05) is 29.8 Å². The average molecular weight is 304 g/mol. The number of hydrogen-bond donors (Lipinski definition) is 2. The first kappa shape index (κ1) is 15.5. The number of hydrogen-bond acceptors (Lipinski definition) is 2. The Morgan fingerprint density at radius 1 is 1.19 bits per heavy atom. The van der Waals surface area contributed by atoms with Crippen LogP contribution in [0.5, 0.6) is 0 Å². The van der Waals surface area contributed by atoms with Gasteiger partial charge in [0, 0.05) is 11.3 Å². The molecule has 1 unspecified atom stereocenters. The summed E-state index contributed by atoms with van der Waals surface area (Å²) in [5.74, 6) is -0.281. The third-order valence-corrected chi connectivity index (χ3v) is 3.80. The topological polar surface area (TPSA) is 49.3 Å². The summed E-state index contributed by atoms with van der Waals surface area (Å²) in [7, 11) is 0. The van der Waals surface area contributed by atoms with Gasteiger partial charge in [0.1, 0.15) is 0 Å². The van der Waals surface area contributed by atoms with Crippen LogP contribution < -0.4 is 5.32 Å². The number of carbonyl (C=O) groups is 1. The molecule has 2 aromatic carbocycles. The van der Waals surface area contributed by atoms with Crippen LogP contribution in [0.2, 0.25) is 5.02 Å². The first-order valence-electron chi connectivity index (χ1n) is 6.75. The highest BCUT2D eigenvalue weighted by molar-refractivity contribution is 6.34. The van der Waals surface area contributed by atoms with E-state index in [0.717, 1.165) is 11.1 Å². The highest BCUT2D eigenvalue weighted by atomic mass is 35.5. The lowest BCUT2D eigenvalue weighted by molar-refractivity contribution is 0.102. The van der Waals surface area contributed by atoms with Gasteiger partial charge in [-0.25, -0.2) is 0 Å². The summed E-state index contributed by atoms with van der Waals surface area (Å²) < 4.78 is 0. The molecule has 0 aliphatic rings. The van der Waals surface area contributed by atoms with Crippen molar-refractivity contribution in [1.82, 2.24) is 0 Å². The molecule has 0 radical (unpaired) electrons. The number of amides is 1. The lowest BCUT2D eigenvalue weighted by atomic mass is 10.0. The number of para-hydroxylation sites is 1. The van der Waals surface area contributed by atoms with Gasteiger partial charge < -0.3 is 10.4 Å². The summed E-state index contributed by atoms with van der Waals surface area (Å²) in [4.78, 5) is 12.4. The maximum atomic E-state index is 12.4. The van der Waals surface area contributed by atoms with Gasteiger partial charge in [0.05, 0.1) is 16.7 Å². The first-order valence-corrected chi connectivity index (χ1v) is 7.13. The summed E-state index contributed by atoms with van der Waals surface area (Å²) in [6.07, 6.45) is -0.656. The number of aliphatic hydroxyl groups excluding tert-OH is 1. The zero-order chi connectivity index (χ0) is 15.6.